The van der Waals surface area contributed by atoms with Crippen LogP contribution >= 0.6 is 0 Å². The van der Waals surface area contributed by atoms with Gasteiger partial charge in [0.25, 0.3) is 5.91 Å². The van der Waals surface area contributed by atoms with E-state index in [1.54, 1.807) is 0 Å². The number of nitrogens with zero attached hydrogens (tertiary/aromatic N) is 1. The van der Waals surface area contributed by atoms with Crippen LogP contribution in [0.25, 0.3) is 0 Å². The molecule has 0 spiro atoms. The highest BCUT2D eigenvalue weighted by Crippen LogP contribution is 2.40. The summed E-state index contributed by atoms with van der Waals surface area (Å²) in [6, 6.07) is 6.01. The number of aliphatic hydroxyl groups is 1. The van der Waals surface area contributed by atoms with Crippen LogP contribution in [0.2, 0.25) is 0 Å². The van der Waals surface area contributed by atoms with E-state index >= 15 is 0 Å². The fraction of sp³-hybridized carbons (Fsp3) is 0.524. The summed E-state index contributed by atoms with van der Waals surface area (Å²) in [5.41, 5.74) is 3.65. The van der Waals surface area contributed by atoms with Gasteiger partial charge in [0.05, 0.1) is 18.8 Å². The number of carbonyl (C=O) groups excluding carboxylic acids is 1. The van der Waals surface area contributed by atoms with Crippen LogP contribution in [-0.2, 0) is 19.3 Å². The van der Waals surface area contributed by atoms with Crippen LogP contribution in [-0.4, -0.2) is 28.9 Å². The maximum Gasteiger partial charge on any atom is 0.274 e. The summed E-state index contributed by atoms with van der Waals surface area (Å²) < 4.78 is 11.0. The molecule has 6 nitrogen and oxygen atoms in total. The van der Waals surface area contributed by atoms with Crippen LogP contribution in [0.1, 0.15) is 64.7 Å². The molecule has 0 saturated heterocycles. The molecule has 142 valence electrons. The first-order valence-electron chi connectivity index (χ1n) is 9.91. The highest BCUT2D eigenvalue weighted by Gasteiger charge is 2.37. The molecule has 1 aromatic heterocycles. The molecule has 1 aromatic carbocycles. The topological polar surface area (TPSA) is 84.6 Å². The van der Waals surface area contributed by atoms with Gasteiger partial charge in [0.2, 0.25) is 0 Å². The molecular weight excluding hydrogens is 344 g/mol. The van der Waals surface area contributed by atoms with Gasteiger partial charge in [-0.1, -0.05) is 11.2 Å². The summed E-state index contributed by atoms with van der Waals surface area (Å²) in [5.74, 6) is 1.84. The number of rotatable bonds is 4. The number of hydrogen-bond donors (Lipinski definition) is 2. The second-order valence-corrected chi connectivity index (χ2v) is 7.94. The molecule has 1 atom stereocenters. The predicted octanol–water partition coefficient (Wildman–Crippen LogP) is 2.73. The summed E-state index contributed by atoms with van der Waals surface area (Å²) in [4.78, 5) is 13.0. The second kappa shape index (κ2) is 6.68. The van der Waals surface area contributed by atoms with Crippen LogP contribution in [0.15, 0.2) is 22.7 Å². The summed E-state index contributed by atoms with van der Waals surface area (Å²) in [6.45, 7) is 0.711. The number of carbonyl (C=O) groups is 1. The van der Waals surface area contributed by atoms with Crippen molar-refractivity contribution in [3.8, 4) is 5.75 Å². The number of aliphatic hydroxyl groups excluding tert-OH is 1. The van der Waals surface area contributed by atoms with E-state index < -0.39 is 0 Å². The normalized spacial score (nSPS) is 24.3. The standard InChI is InChI=1S/C21H24N2O4/c24-15-10-14(11-15)19(13-5-6-17-12(9-13)7-8-26-17)22-21(25)20-16-3-1-2-4-18(16)27-23-20/h5-6,9,14-15,19,24H,1-4,7-8,10-11H2,(H,22,25)/t14?,15?,19-/m1/s1. The molecule has 5 rings (SSSR count). The molecule has 2 aromatic rings. The first-order valence-corrected chi connectivity index (χ1v) is 9.91. The average Bonchev–Trinajstić information content (AvgIpc) is 3.29. The Balaban J connectivity index is 1.41. The minimum atomic E-state index is -0.271. The van der Waals surface area contributed by atoms with E-state index in [9.17, 15) is 9.90 Å². The van der Waals surface area contributed by atoms with E-state index in [1.165, 1.54) is 5.56 Å². The van der Waals surface area contributed by atoms with Gasteiger partial charge in [0.1, 0.15) is 11.5 Å². The van der Waals surface area contributed by atoms with Gasteiger partial charge in [-0.15, -0.1) is 0 Å². The van der Waals surface area contributed by atoms with E-state index in [4.69, 9.17) is 9.26 Å². The van der Waals surface area contributed by atoms with E-state index in [0.29, 0.717) is 25.1 Å². The zero-order valence-electron chi connectivity index (χ0n) is 15.2. The monoisotopic (exact) mass is 368 g/mol. The van der Waals surface area contributed by atoms with Gasteiger partial charge >= 0.3 is 0 Å². The fourth-order valence-electron chi connectivity index (χ4n) is 4.55. The Kier molecular flexibility index (Phi) is 4.16. The maximum atomic E-state index is 13.0. The Labute approximate surface area is 157 Å². The zero-order chi connectivity index (χ0) is 18.4. The van der Waals surface area contributed by atoms with Gasteiger partial charge in [-0.25, -0.2) is 0 Å². The molecular formula is C21H24N2O4. The molecule has 6 heteroatoms. The number of aromatic nitrogens is 1. The number of hydrogen-bond acceptors (Lipinski definition) is 5. The number of amides is 1. The fourth-order valence-corrected chi connectivity index (χ4v) is 4.55. The van der Waals surface area contributed by atoms with Crippen molar-refractivity contribution in [2.45, 2.75) is 57.1 Å². The number of ether oxygens (including phenoxy) is 1. The van der Waals surface area contributed by atoms with Gasteiger partial charge < -0.3 is 19.7 Å². The molecule has 27 heavy (non-hydrogen) atoms. The minimum absolute atomic E-state index is 0.136. The number of nitrogens with one attached hydrogen (secondary N) is 1. The third-order valence-electron chi connectivity index (χ3n) is 6.15. The molecule has 2 heterocycles. The first kappa shape index (κ1) is 16.8. The SMILES string of the molecule is O=C(N[C@H](c1ccc2c(c1)CCO2)C1CC(O)C1)c1noc2c1CCCC2. The van der Waals surface area contributed by atoms with E-state index in [1.807, 2.05) is 12.1 Å². The maximum absolute atomic E-state index is 13.0. The largest absolute Gasteiger partial charge is 0.493 e. The molecule has 0 radical (unpaired) electrons. The highest BCUT2D eigenvalue weighted by atomic mass is 16.5. The lowest BCUT2D eigenvalue weighted by Gasteiger charge is -2.38. The van der Waals surface area contributed by atoms with Crippen LogP contribution in [0.5, 0.6) is 5.75 Å². The second-order valence-electron chi connectivity index (χ2n) is 7.94. The van der Waals surface area contributed by atoms with Crippen LogP contribution < -0.4 is 10.1 Å². The van der Waals surface area contributed by atoms with Crippen LogP contribution in [0, 0.1) is 5.92 Å². The van der Waals surface area contributed by atoms with Crippen molar-refractivity contribution in [2.24, 2.45) is 5.92 Å². The molecule has 0 unspecified atom stereocenters. The van der Waals surface area contributed by atoms with Gasteiger partial charge in [-0.2, -0.15) is 0 Å². The Bertz CT molecular complexity index is 869. The molecule has 1 aliphatic heterocycles. The van der Waals surface area contributed by atoms with Crippen molar-refractivity contribution in [1.82, 2.24) is 10.5 Å². The lowest BCUT2D eigenvalue weighted by atomic mass is 9.74. The molecule has 0 bridgehead atoms. The van der Waals surface area contributed by atoms with Gasteiger partial charge in [0, 0.05) is 18.4 Å². The van der Waals surface area contributed by atoms with Crippen molar-refractivity contribution < 1.29 is 19.2 Å². The summed E-state index contributed by atoms with van der Waals surface area (Å²) in [6.07, 6.45) is 5.90. The van der Waals surface area contributed by atoms with Crippen molar-refractivity contribution in [2.75, 3.05) is 6.61 Å². The van der Waals surface area contributed by atoms with Gasteiger partial charge in [-0.3, -0.25) is 4.79 Å². The highest BCUT2D eigenvalue weighted by molar-refractivity contribution is 5.94. The van der Waals surface area contributed by atoms with Crippen LogP contribution in [0.4, 0.5) is 0 Å². The molecule has 2 N–H and O–H groups in total. The predicted molar refractivity (Wildman–Crippen MR) is 97.7 cm³/mol. The van der Waals surface area contributed by atoms with Crippen LogP contribution in [0.3, 0.4) is 0 Å². The van der Waals surface area contributed by atoms with E-state index in [2.05, 4.69) is 16.5 Å². The number of aryl methyl sites for hydroxylation is 1. The third kappa shape index (κ3) is 3.02. The molecule has 1 fully saturated rings. The molecule has 1 amide bonds. The van der Waals surface area contributed by atoms with E-state index in [-0.39, 0.29) is 24.0 Å². The lowest BCUT2D eigenvalue weighted by Crippen LogP contribution is -2.41. The third-order valence-corrected chi connectivity index (χ3v) is 6.15. The zero-order valence-corrected chi connectivity index (χ0v) is 15.2. The van der Waals surface area contributed by atoms with Crippen molar-refractivity contribution in [1.29, 1.82) is 0 Å². The lowest BCUT2D eigenvalue weighted by molar-refractivity contribution is 0.0234. The summed E-state index contributed by atoms with van der Waals surface area (Å²) in [5, 5.41) is 17.0. The van der Waals surface area contributed by atoms with E-state index in [0.717, 1.165) is 54.7 Å². The number of benzene rings is 1. The summed E-state index contributed by atoms with van der Waals surface area (Å²) in [7, 11) is 0. The average molecular weight is 368 g/mol. The van der Waals surface area contributed by atoms with Crippen molar-refractivity contribution >= 4 is 5.91 Å². The Hall–Kier alpha value is -2.34. The molecule has 1 saturated carbocycles. The van der Waals surface area contributed by atoms with Crippen molar-refractivity contribution in [3.05, 3.63) is 46.3 Å². The van der Waals surface area contributed by atoms with Gasteiger partial charge in [0.15, 0.2) is 5.69 Å². The molecule has 2 aliphatic carbocycles. The number of fused-ring (bicyclic) bond motifs is 2. The van der Waals surface area contributed by atoms with Crippen molar-refractivity contribution in [3.63, 3.8) is 0 Å². The minimum Gasteiger partial charge on any atom is -0.493 e. The molecule has 3 aliphatic rings. The Morgan fingerprint density at radius 1 is 1.22 bits per heavy atom. The quantitative estimate of drug-likeness (QED) is 0.867. The van der Waals surface area contributed by atoms with Gasteiger partial charge in [-0.05, 0) is 61.3 Å². The Morgan fingerprint density at radius 3 is 2.93 bits per heavy atom. The summed E-state index contributed by atoms with van der Waals surface area (Å²) >= 11 is 0. The smallest absolute Gasteiger partial charge is 0.274 e. The Morgan fingerprint density at radius 2 is 2.07 bits per heavy atom. The first-order chi connectivity index (χ1) is 13.2.